The summed E-state index contributed by atoms with van der Waals surface area (Å²) in [5.41, 5.74) is 1.64. The molecular weight excluding hydrogens is 316 g/mol. The SMILES string of the molecule is CN(CCO)C1=C(c2ccccc2)C(=O)N(C2CCCCCC2)C1=O. The quantitative estimate of drug-likeness (QED) is 0.659. The van der Waals surface area contributed by atoms with Crippen LogP contribution in [-0.2, 0) is 9.59 Å². The molecule has 134 valence electrons. The molecule has 0 unspecified atom stereocenters. The molecule has 1 aromatic carbocycles. The largest absolute Gasteiger partial charge is 0.395 e. The molecule has 5 nitrogen and oxygen atoms in total. The third-order valence-electron chi connectivity index (χ3n) is 5.16. The van der Waals surface area contributed by atoms with E-state index < -0.39 is 0 Å². The van der Waals surface area contributed by atoms with E-state index in [4.69, 9.17) is 0 Å². The number of hydrogen-bond acceptors (Lipinski definition) is 4. The average Bonchev–Trinajstić information content (AvgIpc) is 2.78. The number of nitrogens with zero attached hydrogens (tertiary/aromatic N) is 2. The van der Waals surface area contributed by atoms with Gasteiger partial charge >= 0.3 is 0 Å². The van der Waals surface area contributed by atoms with Crippen molar-refractivity contribution < 1.29 is 14.7 Å². The van der Waals surface area contributed by atoms with Gasteiger partial charge in [0.15, 0.2) is 0 Å². The molecule has 1 aliphatic heterocycles. The third kappa shape index (κ3) is 3.47. The maximum Gasteiger partial charge on any atom is 0.278 e. The van der Waals surface area contributed by atoms with Gasteiger partial charge in [-0.2, -0.15) is 0 Å². The first-order valence-electron chi connectivity index (χ1n) is 9.14. The van der Waals surface area contributed by atoms with Crippen molar-refractivity contribution in [2.24, 2.45) is 0 Å². The highest BCUT2D eigenvalue weighted by molar-refractivity contribution is 6.35. The minimum absolute atomic E-state index is 0.0127. The maximum absolute atomic E-state index is 13.2. The standard InChI is InChI=1S/C20H26N2O3/c1-21(13-14-23)18-17(15-9-5-4-6-10-15)19(24)22(20(18)25)16-11-7-2-3-8-12-16/h4-6,9-10,16,23H,2-3,7-8,11-14H2,1H3. The Morgan fingerprint density at radius 2 is 1.68 bits per heavy atom. The molecule has 0 aromatic heterocycles. The fourth-order valence-corrected chi connectivity index (χ4v) is 3.86. The molecular formula is C20H26N2O3. The molecule has 0 atom stereocenters. The number of amides is 2. The monoisotopic (exact) mass is 342 g/mol. The fourth-order valence-electron chi connectivity index (χ4n) is 3.86. The van der Waals surface area contributed by atoms with Crippen LogP contribution < -0.4 is 0 Å². The summed E-state index contributed by atoms with van der Waals surface area (Å²) in [6, 6.07) is 9.36. The molecule has 1 aliphatic carbocycles. The summed E-state index contributed by atoms with van der Waals surface area (Å²) in [7, 11) is 1.76. The average molecular weight is 342 g/mol. The van der Waals surface area contributed by atoms with E-state index in [2.05, 4.69) is 0 Å². The van der Waals surface area contributed by atoms with Gasteiger partial charge in [0.25, 0.3) is 11.8 Å². The zero-order chi connectivity index (χ0) is 17.8. The molecule has 1 heterocycles. The second-order valence-corrected chi connectivity index (χ2v) is 6.86. The van der Waals surface area contributed by atoms with Crippen molar-refractivity contribution in [2.75, 3.05) is 20.2 Å². The number of hydrogen-bond donors (Lipinski definition) is 1. The van der Waals surface area contributed by atoms with Crippen LogP contribution in [-0.4, -0.2) is 53.0 Å². The van der Waals surface area contributed by atoms with Crippen molar-refractivity contribution >= 4 is 17.4 Å². The highest BCUT2D eigenvalue weighted by Gasteiger charge is 2.43. The van der Waals surface area contributed by atoms with Gasteiger partial charge in [-0.1, -0.05) is 56.0 Å². The zero-order valence-corrected chi connectivity index (χ0v) is 14.8. The number of imide groups is 1. The number of carbonyl (C=O) groups is 2. The Kier molecular flexibility index (Phi) is 5.53. The molecule has 0 spiro atoms. The molecule has 25 heavy (non-hydrogen) atoms. The van der Waals surface area contributed by atoms with Crippen LogP contribution in [0.4, 0.5) is 0 Å². The molecule has 5 heteroatoms. The predicted octanol–water partition coefficient (Wildman–Crippen LogP) is 2.41. The van der Waals surface area contributed by atoms with Crippen molar-refractivity contribution in [3.05, 3.63) is 41.6 Å². The van der Waals surface area contributed by atoms with Gasteiger partial charge in [0, 0.05) is 19.6 Å². The summed E-state index contributed by atoms with van der Waals surface area (Å²) in [4.78, 5) is 29.5. The number of rotatable bonds is 5. The first-order chi connectivity index (χ1) is 12.1. The predicted molar refractivity (Wildman–Crippen MR) is 96.4 cm³/mol. The molecule has 2 aliphatic rings. The van der Waals surface area contributed by atoms with Crippen molar-refractivity contribution in [3.63, 3.8) is 0 Å². The van der Waals surface area contributed by atoms with E-state index in [9.17, 15) is 14.7 Å². The molecule has 1 fully saturated rings. The summed E-state index contributed by atoms with van der Waals surface area (Å²) < 4.78 is 0. The lowest BCUT2D eigenvalue weighted by Gasteiger charge is -2.26. The number of aliphatic hydroxyl groups is 1. The van der Waals surface area contributed by atoms with Gasteiger partial charge in [-0.15, -0.1) is 0 Å². The lowest BCUT2D eigenvalue weighted by atomic mass is 10.0. The van der Waals surface area contributed by atoms with Crippen molar-refractivity contribution in [2.45, 2.75) is 44.6 Å². The summed E-state index contributed by atoms with van der Waals surface area (Å²) in [6.07, 6.45) is 6.23. The van der Waals surface area contributed by atoms with Gasteiger partial charge < -0.3 is 10.0 Å². The molecule has 1 aromatic rings. The summed E-state index contributed by atoms with van der Waals surface area (Å²) in [5.74, 6) is -0.408. The topological polar surface area (TPSA) is 60.9 Å². The lowest BCUT2D eigenvalue weighted by molar-refractivity contribution is -0.140. The van der Waals surface area contributed by atoms with Crippen LogP contribution in [0.25, 0.3) is 5.57 Å². The summed E-state index contributed by atoms with van der Waals surface area (Å²) in [5, 5.41) is 9.28. The van der Waals surface area contributed by atoms with E-state index in [1.807, 2.05) is 30.3 Å². The molecule has 0 saturated heterocycles. The Bertz CT molecular complexity index is 661. The minimum Gasteiger partial charge on any atom is -0.395 e. The van der Waals surface area contributed by atoms with Gasteiger partial charge in [-0.25, -0.2) is 0 Å². The number of benzene rings is 1. The van der Waals surface area contributed by atoms with E-state index in [1.165, 1.54) is 17.7 Å². The molecule has 0 bridgehead atoms. The third-order valence-corrected chi connectivity index (χ3v) is 5.16. The second kappa shape index (κ2) is 7.83. The molecule has 3 rings (SSSR count). The van der Waals surface area contributed by atoms with Crippen molar-refractivity contribution in [1.82, 2.24) is 9.80 Å². The fraction of sp³-hybridized carbons (Fsp3) is 0.500. The van der Waals surface area contributed by atoms with Crippen LogP contribution in [0.2, 0.25) is 0 Å². The first kappa shape index (κ1) is 17.7. The molecule has 2 amide bonds. The first-order valence-corrected chi connectivity index (χ1v) is 9.14. The highest BCUT2D eigenvalue weighted by atomic mass is 16.3. The van der Waals surface area contributed by atoms with Crippen LogP contribution in [0.15, 0.2) is 36.0 Å². The van der Waals surface area contributed by atoms with Crippen LogP contribution in [0, 0.1) is 0 Å². The van der Waals surface area contributed by atoms with Gasteiger partial charge in [0.05, 0.1) is 12.2 Å². The molecule has 1 N–H and O–H groups in total. The second-order valence-electron chi connectivity index (χ2n) is 6.86. The van der Waals surface area contributed by atoms with Crippen LogP contribution >= 0.6 is 0 Å². The van der Waals surface area contributed by atoms with Gasteiger partial charge in [-0.3, -0.25) is 14.5 Å². The van der Waals surface area contributed by atoms with Gasteiger partial charge in [0.1, 0.15) is 5.70 Å². The summed E-state index contributed by atoms with van der Waals surface area (Å²) >= 11 is 0. The zero-order valence-electron chi connectivity index (χ0n) is 14.8. The highest BCUT2D eigenvalue weighted by Crippen LogP contribution is 2.35. The van der Waals surface area contributed by atoms with Gasteiger partial charge in [0.2, 0.25) is 0 Å². The normalized spacial score (nSPS) is 19.5. The molecule has 0 radical (unpaired) electrons. The van der Waals surface area contributed by atoms with E-state index in [1.54, 1.807) is 11.9 Å². The van der Waals surface area contributed by atoms with Gasteiger partial charge in [-0.05, 0) is 18.4 Å². The Morgan fingerprint density at radius 3 is 2.28 bits per heavy atom. The van der Waals surface area contributed by atoms with Crippen LogP contribution in [0.3, 0.4) is 0 Å². The van der Waals surface area contributed by atoms with Crippen LogP contribution in [0.5, 0.6) is 0 Å². The van der Waals surface area contributed by atoms with Crippen LogP contribution in [0.1, 0.15) is 44.1 Å². The van der Waals surface area contributed by atoms with Crippen molar-refractivity contribution in [1.29, 1.82) is 0 Å². The Balaban J connectivity index is 2.00. The Labute approximate surface area is 148 Å². The molecule has 1 saturated carbocycles. The van der Waals surface area contributed by atoms with E-state index in [0.29, 0.717) is 17.8 Å². The number of carbonyl (C=O) groups excluding carboxylic acids is 2. The smallest absolute Gasteiger partial charge is 0.278 e. The van der Waals surface area contributed by atoms with E-state index in [0.717, 1.165) is 31.2 Å². The summed E-state index contributed by atoms with van der Waals surface area (Å²) in [6.45, 7) is 0.260. The maximum atomic E-state index is 13.2. The minimum atomic E-state index is -0.216. The van der Waals surface area contributed by atoms with E-state index in [-0.39, 0.29) is 24.5 Å². The lowest BCUT2D eigenvalue weighted by Crippen LogP contribution is -2.42. The van der Waals surface area contributed by atoms with E-state index >= 15 is 0 Å². The Morgan fingerprint density at radius 1 is 1.04 bits per heavy atom. The Hall–Kier alpha value is -2.14. The number of likely N-dealkylation sites (N-methyl/N-ethyl adjacent to an activating group) is 1. The number of aliphatic hydroxyl groups excluding tert-OH is 1. The van der Waals surface area contributed by atoms with Crippen molar-refractivity contribution in [3.8, 4) is 0 Å².